The van der Waals surface area contributed by atoms with Crippen molar-refractivity contribution in [3.8, 4) is 0 Å². The average molecular weight is 237 g/mol. The fraction of sp³-hybridized carbons (Fsp3) is 1.00. The van der Waals surface area contributed by atoms with Crippen molar-refractivity contribution < 1.29 is 13.2 Å². The predicted octanol–water partition coefficient (Wildman–Crippen LogP) is 3.70. The van der Waals surface area contributed by atoms with Crippen molar-refractivity contribution in [1.82, 2.24) is 4.90 Å². The molecule has 0 aromatic rings. The van der Waals surface area contributed by atoms with Gasteiger partial charge in [-0.2, -0.15) is 13.2 Å². The molecular weight excluding hydrogens is 215 g/mol. The van der Waals surface area contributed by atoms with Crippen molar-refractivity contribution in [1.29, 1.82) is 0 Å². The van der Waals surface area contributed by atoms with Crippen LogP contribution >= 0.6 is 0 Å². The Bertz CT molecular complexity index is 229. The van der Waals surface area contributed by atoms with Gasteiger partial charge in [0.05, 0.1) is 0 Å². The summed E-state index contributed by atoms with van der Waals surface area (Å²) in [5.41, 5.74) is 0.205. The number of likely N-dealkylation sites (tertiary alicyclic amines) is 1. The monoisotopic (exact) mass is 237 g/mol. The molecule has 1 fully saturated rings. The van der Waals surface area contributed by atoms with E-state index in [1.807, 2.05) is 0 Å². The van der Waals surface area contributed by atoms with Crippen molar-refractivity contribution in [3.63, 3.8) is 0 Å². The number of piperidine rings is 1. The summed E-state index contributed by atoms with van der Waals surface area (Å²) in [6.45, 7) is 7.00. The summed E-state index contributed by atoms with van der Waals surface area (Å²) in [6.07, 6.45) is -2.12. The van der Waals surface area contributed by atoms with E-state index in [9.17, 15) is 13.2 Å². The van der Waals surface area contributed by atoms with Crippen LogP contribution < -0.4 is 0 Å². The summed E-state index contributed by atoms with van der Waals surface area (Å²) in [6, 6.07) is -1.23. The standard InChI is InChI=1S/C12H22F3N/c1-11(2,3)7-9-5-6-10(12(13,14)15)16(4)8-9/h9-10H,5-8H2,1-4H3/t9-,10-/m0/s1. The maximum atomic E-state index is 12.6. The Balaban J connectivity index is 2.52. The average Bonchev–Trinajstić information content (AvgIpc) is 1.97. The second kappa shape index (κ2) is 4.55. The van der Waals surface area contributed by atoms with Gasteiger partial charge in [0, 0.05) is 6.54 Å². The maximum Gasteiger partial charge on any atom is 0.404 e. The summed E-state index contributed by atoms with van der Waals surface area (Å²) < 4.78 is 37.8. The highest BCUT2D eigenvalue weighted by Gasteiger charge is 2.44. The number of hydrogen-bond donors (Lipinski definition) is 0. The minimum atomic E-state index is -4.07. The maximum absolute atomic E-state index is 12.6. The van der Waals surface area contributed by atoms with Gasteiger partial charge in [-0.1, -0.05) is 20.8 Å². The first kappa shape index (κ1) is 13.8. The van der Waals surface area contributed by atoms with Gasteiger partial charge in [0.25, 0.3) is 0 Å². The van der Waals surface area contributed by atoms with Gasteiger partial charge in [-0.15, -0.1) is 0 Å². The van der Waals surface area contributed by atoms with Gasteiger partial charge in [0.15, 0.2) is 0 Å². The zero-order chi connectivity index (χ0) is 12.6. The van der Waals surface area contributed by atoms with E-state index in [2.05, 4.69) is 20.8 Å². The molecule has 0 spiro atoms. The van der Waals surface area contributed by atoms with Crippen molar-refractivity contribution in [2.75, 3.05) is 13.6 Å². The van der Waals surface area contributed by atoms with E-state index in [0.717, 1.165) is 6.42 Å². The fourth-order valence-corrected chi connectivity index (χ4v) is 2.69. The first-order valence-electron chi connectivity index (χ1n) is 5.86. The Hall–Kier alpha value is -0.250. The van der Waals surface area contributed by atoms with Crippen LogP contribution in [0.5, 0.6) is 0 Å². The molecule has 0 aromatic heterocycles. The summed E-state index contributed by atoms with van der Waals surface area (Å²) in [4.78, 5) is 1.47. The predicted molar refractivity (Wildman–Crippen MR) is 59.3 cm³/mol. The first-order valence-corrected chi connectivity index (χ1v) is 5.86. The molecule has 1 heterocycles. The lowest BCUT2D eigenvalue weighted by Gasteiger charge is -2.39. The molecule has 0 bridgehead atoms. The zero-order valence-corrected chi connectivity index (χ0v) is 10.6. The molecule has 1 nitrogen and oxygen atoms in total. The first-order chi connectivity index (χ1) is 7.09. The Morgan fingerprint density at radius 2 is 1.69 bits per heavy atom. The largest absolute Gasteiger partial charge is 0.404 e. The molecule has 0 N–H and O–H groups in total. The second-order valence-electron chi connectivity index (χ2n) is 6.21. The molecule has 1 rings (SSSR count). The minimum absolute atomic E-state index is 0.205. The normalized spacial score (nSPS) is 29.4. The topological polar surface area (TPSA) is 3.24 Å². The highest BCUT2D eigenvalue weighted by Crippen LogP contribution is 2.36. The summed E-state index contributed by atoms with van der Waals surface area (Å²) in [5.74, 6) is 0.406. The molecule has 1 aliphatic rings. The van der Waals surface area contributed by atoms with E-state index in [0.29, 0.717) is 18.9 Å². The van der Waals surface area contributed by atoms with Crippen LogP contribution in [0.25, 0.3) is 0 Å². The van der Waals surface area contributed by atoms with Crippen molar-refractivity contribution >= 4 is 0 Å². The quantitative estimate of drug-likeness (QED) is 0.672. The summed E-state index contributed by atoms with van der Waals surface area (Å²) in [7, 11) is 1.59. The van der Waals surface area contributed by atoms with Gasteiger partial charge in [-0.3, -0.25) is 4.90 Å². The van der Waals surface area contributed by atoms with Crippen LogP contribution in [0.15, 0.2) is 0 Å². The van der Waals surface area contributed by atoms with Gasteiger partial charge < -0.3 is 0 Å². The van der Waals surface area contributed by atoms with Crippen LogP contribution in [-0.4, -0.2) is 30.7 Å². The Kier molecular flexibility index (Phi) is 3.93. The third-order valence-corrected chi connectivity index (χ3v) is 3.21. The zero-order valence-electron chi connectivity index (χ0n) is 10.6. The van der Waals surface area contributed by atoms with E-state index in [4.69, 9.17) is 0 Å². The Morgan fingerprint density at radius 1 is 1.12 bits per heavy atom. The lowest BCUT2D eigenvalue weighted by atomic mass is 9.80. The molecule has 1 aliphatic heterocycles. The molecule has 1 saturated heterocycles. The third kappa shape index (κ3) is 3.96. The Morgan fingerprint density at radius 3 is 2.06 bits per heavy atom. The molecule has 4 heteroatoms. The van der Waals surface area contributed by atoms with E-state index >= 15 is 0 Å². The molecule has 0 aromatic carbocycles. The molecule has 0 radical (unpaired) electrons. The molecule has 96 valence electrons. The van der Waals surface area contributed by atoms with Crippen LogP contribution in [0.1, 0.15) is 40.0 Å². The molecule has 16 heavy (non-hydrogen) atoms. The highest BCUT2D eigenvalue weighted by molar-refractivity contribution is 4.85. The summed E-state index contributed by atoms with van der Waals surface area (Å²) >= 11 is 0. The molecule has 0 saturated carbocycles. The third-order valence-electron chi connectivity index (χ3n) is 3.21. The summed E-state index contributed by atoms with van der Waals surface area (Å²) in [5, 5.41) is 0. The van der Waals surface area contributed by atoms with Crippen molar-refractivity contribution in [2.24, 2.45) is 11.3 Å². The molecular formula is C12H22F3N. The van der Waals surface area contributed by atoms with Gasteiger partial charge in [0.1, 0.15) is 6.04 Å². The van der Waals surface area contributed by atoms with E-state index in [-0.39, 0.29) is 11.8 Å². The van der Waals surface area contributed by atoms with Crippen LogP contribution in [0.4, 0.5) is 13.2 Å². The minimum Gasteiger partial charge on any atom is -0.295 e. The van der Waals surface area contributed by atoms with Gasteiger partial charge in [-0.05, 0) is 37.6 Å². The van der Waals surface area contributed by atoms with Crippen LogP contribution in [0.3, 0.4) is 0 Å². The number of hydrogen-bond acceptors (Lipinski definition) is 1. The van der Waals surface area contributed by atoms with Gasteiger partial charge in [-0.25, -0.2) is 0 Å². The van der Waals surface area contributed by atoms with E-state index < -0.39 is 12.2 Å². The van der Waals surface area contributed by atoms with Crippen molar-refractivity contribution in [3.05, 3.63) is 0 Å². The number of halogens is 3. The Labute approximate surface area is 96.0 Å². The number of alkyl halides is 3. The smallest absolute Gasteiger partial charge is 0.295 e. The van der Waals surface area contributed by atoms with Crippen LogP contribution in [0, 0.1) is 11.3 Å². The number of nitrogens with zero attached hydrogens (tertiary/aromatic N) is 1. The second-order valence-corrected chi connectivity index (χ2v) is 6.21. The molecule has 0 aliphatic carbocycles. The highest BCUT2D eigenvalue weighted by atomic mass is 19.4. The van der Waals surface area contributed by atoms with Crippen LogP contribution in [0.2, 0.25) is 0 Å². The van der Waals surface area contributed by atoms with Gasteiger partial charge in [0.2, 0.25) is 0 Å². The lowest BCUT2D eigenvalue weighted by molar-refractivity contribution is -0.191. The van der Waals surface area contributed by atoms with E-state index in [1.165, 1.54) is 4.90 Å². The molecule has 0 amide bonds. The fourth-order valence-electron chi connectivity index (χ4n) is 2.69. The van der Waals surface area contributed by atoms with Crippen LogP contribution in [-0.2, 0) is 0 Å². The van der Waals surface area contributed by atoms with Gasteiger partial charge >= 0.3 is 6.18 Å². The molecule has 2 atom stereocenters. The SMILES string of the molecule is CN1C[C@H](CC(C)(C)C)CC[C@H]1C(F)(F)F. The van der Waals surface area contributed by atoms with E-state index in [1.54, 1.807) is 7.05 Å². The van der Waals surface area contributed by atoms with Crippen molar-refractivity contribution in [2.45, 2.75) is 52.3 Å². The lowest BCUT2D eigenvalue weighted by Crippen LogP contribution is -2.49. The number of rotatable bonds is 1. The molecule has 0 unspecified atom stereocenters.